The molecule has 2 aromatic carbocycles. The van der Waals surface area contributed by atoms with E-state index in [4.69, 9.17) is 4.74 Å². The van der Waals surface area contributed by atoms with Crippen LogP contribution in [-0.2, 0) is 17.5 Å². The number of carbonyl (C=O) groups excluding carboxylic acids is 1. The zero-order valence-electron chi connectivity index (χ0n) is 20.4. The molecule has 4 aromatic rings. The number of imidazole rings is 1. The lowest BCUT2D eigenvalue weighted by Gasteiger charge is -2.39. The van der Waals surface area contributed by atoms with Gasteiger partial charge in [-0.25, -0.2) is 4.98 Å². The van der Waals surface area contributed by atoms with Gasteiger partial charge in [0.25, 0.3) is 5.91 Å². The van der Waals surface area contributed by atoms with Crippen LogP contribution in [0.25, 0.3) is 22.4 Å². The number of nitrogens with zero attached hydrogens (tertiary/aromatic N) is 3. The van der Waals surface area contributed by atoms with E-state index in [2.05, 4.69) is 20.3 Å². The first-order valence-corrected chi connectivity index (χ1v) is 11.9. The second-order valence-electron chi connectivity index (χ2n) is 9.59. The number of hydrogen-bond acceptors (Lipinski definition) is 5. The molecule has 0 atom stereocenters. The van der Waals surface area contributed by atoms with Crippen molar-refractivity contribution < 1.29 is 22.7 Å². The third-order valence-electron chi connectivity index (χ3n) is 6.29. The molecule has 2 N–H and O–H groups in total. The van der Waals surface area contributed by atoms with Crippen molar-refractivity contribution in [2.24, 2.45) is 0 Å². The minimum Gasteiger partial charge on any atom is -0.372 e. The van der Waals surface area contributed by atoms with Gasteiger partial charge in [0.15, 0.2) is 0 Å². The summed E-state index contributed by atoms with van der Waals surface area (Å²) in [6.45, 7) is 5.51. The van der Waals surface area contributed by atoms with Gasteiger partial charge in [-0.05, 0) is 55.8 Å². The second-order valence-corrected chi connectivity index (χ2v) is 9.59. The van der Waals surface area contributed by atoms with Crippen molar-refractivity contribution in [1.82, 2.24) is 20.3 Å². The number of pyridine rings is 1. The van der Waals surface area contributed by atoms with Gasteiger partial charge in [0, 0.05) is 43.3 Å². The number of amides is 1. The molecule has 1 fully saturated rings. The summed E-state index contributed by atoms with van der Waals surface area (Å²) in [6.07, 6.45) is -1.31. The number of H-pyrrole nitrogens is 1. The molecule has 2 aromatic heterocycles. The lowest BCUT2D eigenvalue weighted by Crippen LogP contribution is -2.48. The van der Waals surface area contributed by atoms with E-state index in [-0.39, 0.29) is 29.4 Å². The molecule has 1 amide bonds. The molecule has 10 heteroatoms. The molecule has 5 rings (SSSR count). The summed E-state index contributed by atoms with van der Waals surface area (Å²) >= 11 is 0. The summed E-state index contributed by atoms with van der Waals surface area (Å²) in [6, 6.07) is 12.8. The van der Waals surface area contributed by atoms with E-state index < -0.39 is 17.3 Å². The zero-order chi connectivity index (χ0) is 26.2. The molecule has 1 saturated heterocycles. The van der Waals surface area contributed by atoms with Crippen molar-refractivity contribution in [1.29, 1.82) is 0 Å². The third kappa shape index (κ3) is 5.29. The number of aromatic amines is 1. The van der Waals surface area contributed by atoms with Gasteiger partial charge in [-0.3, -0.25) is 9.78 Å². The molecule has 1 aliphatic rings. The highest BCUT2D eigenvalue weighted by Crippen LogP contribution is 2.39. The van der Waals surface area contributed by atoms with Crippen LogP contribution in [0.1, 0.15) is 35.3 Å². The molecule has 0 unspecified atom stereocenters. The summed E-state index contributed by atoms with van der Waals surface area (Å²) in [5.74, 6) is -0.336. The Morgan fingerprint density at radius 2 is 2.03 bits per heavy atom. The highest BCUT2D eigenvalue weighted by molar-refractivity contribution is 6.05. The van der Waals surface area contributed by atoms with Crippen molar-refractivity contribution in [2.45, 2.75) is 32.2 Å². The number of nitrogens with one attached hydrogen (secondary N) is 2. The molecule has 1 aliphatic heterocycles. The maximum Gasteiger partial charge on any atom is 0.417 e. The Morgan fingerprint density at radius 3 is 2.76 bits per heavy atom. The standard InChI is InChI=1S/C27H26F3N5O2/c1-26(2)16-35(11-12-37-26)18-8-9-19(21(13-18)27(28,29)30)24-33-22-7-3-6-20(23(22)34-24)25(36)32-15-17-5-4-10-31-14-17/h3-10,13-14H,11-12,15-16H2,1-2H3,(H,32,36)(H,33,34). The van der Waals surface area contributed by atoms with E-state index in [1.165, 1.54) is 6.07 Å². The highest BCUT2D eigenvalue weighted by atomic mass is 19.4. The highest BCUT2D eigenvalue weighted by Gasteiger charge is 2.36. The van der Waals surface area contributed by atoms with Crippen molar-refractivity contribution in [2.75, 3.05) is 24.6 Å². The van der Waals surface area contributed by atoms with Crippen LogP contribution in [0.15, 0.2) is 60.9 Å². The van der Waals surface area contributed by atoms with Crippen molar-refractivity contribution >= 4 is 22.6 Å². The number of fused-ring (bicyclic) bond motifs is 1. The Hall–Kier alpha value is -3.92. The number of halogens is 3. The number of ether oxygens (including phenoxy) is 1. The van der Waals surface area contributed by atoms with E-state index in [1.54, 1.807) is 42.7 Å². The first-order chi connectivity index (χ1) is 17.6. The Balaban J connectivity index is 1.48. The van der Waals surface area contributed by atoms with Gasteiger partial charge in [0.1, 0.15) is 11.3 Å². The van der Waals surface area contributed by atoms with Gasteiger partial charge in [-0.15, -0.1) is 0 Å². The Morgan fingerprint density at radius 1 is 1.19 bits per heavy atom. The Bertz CT molecular complexity index is 1430. The van der Waals surface area contributed by atoms with Crippen LogP contribution in [0, 0.1) is 0 Å². The van der Waals surface area contributed by atoms with Crippen LogP contribution in [0.5, 0.6) is 0 Å². The molecular weight excluding hydrogens is 483 g/mol. The summed E-state index contributed by atoms with van der Waals surface area (Å²) in [4.78, 5) is 26.2. The van der Waals surface area contributed by atoms with E-state index >= 15 is 0 Å². The van der Waals surface area contributed by atoms with Crippen LogP contribution in [0.3, 0.4) is 0 Å². The van der Waals surface area contributed by atoms with Gasteiger partial charge >= 0.3 is 6.18 Å². The summed E-state index contributed by atoms with van der Waals surface area (Å²) < 4.78 is 48.3. The number of carbonyl (C=O) groups is 1. The number of para-hydroxylation sites is 1. The van der Waals surface area contributed by atoms with Gasteiger partial charge in [-0.2, -0.15) is 13.2 Å². The summed E-state index contributed by atoms with van der Waals surface area (Å²) in [7, 11) is 0. The number of anilines is 1. The lowest BCUT2D eigenvalue weighted by atomic mass is 10.0. The predicted molar refractivity (Wildman–Crippen MR) is 134 cm³/mol. The molecule has 7 nitrogen and oxygen atoms in total. The van der Waals surface area contributed by atoms with Gasteiger partial charge in [0.05, 0.1) is 28.9 Å². The van der Waals surface area contributed by atoms with Gasteiger partial charge < -0.3 is 19.9 Å². The first-order valence-electron chi connectivity index (χ1n) is 11.9. The minimum atomic E-state index is -4.60. The average Bonchev–Trinajstić information content (AvgIpc) is 3.31. The molecule has 0 radical (unpaired) electrons. The Labute approximate surface area is 211 Å². The van der Waals surface area contributed by atoms with E-state index in [0.29, 0.717) is 36.4 Å². The van der Waals surface area contributed by atoms with Gasteiger partial charge in [0.2, 0.25) is 0 Å². The maximum absolute atomic E-state index is 14.2. The second kappa shape index (κ2) is 9.51. The fourth-order valence-electron chi connectivity index (χ4n) is 4.53. The van der Waals surface area contributed by atoms with Crippen LogP contribution < -0.4 is 10.2 Å². The number of hydrogen-bond donors (Lipinski definition) is 2. The van der Waals surface area contributed by atoms with Crippen LogP contribution in [-0.4, -0.2) is 46.2 Å². The van der Waals surface area contributed by atoms with E-state index in [0.717, 1.165) is 11.6 Å². The van der Waals surface area contributed by atoms with Crippen LogP contribution in [0.2, 0.25) is 0 Å². The minimum absolute atomic E-state index is 0.0451. The molecule has 0 spiro atoms. The maximum atomic E-state index is 14.2. The fraction of sp³-hybridized carbons (Fsp3) is 0.296. The fourth-order valence-corrected chi connectivity index (χ4v) is 4.53. The molecule has 0 aliphatic carbocycles. The molecular formula is C27H26F3N5O2. The first kappa shape index (κ1) is 24.8. The number of aromatic nitrogens is 3. The summed E-state index contributed by atoms with van der Waals surface area (Å²) in [5.41, 5.74) is 0.997. The quantitative estimate of drug-likeness (QED) is 0.387. The molecule has 37 heavy (non-hydrogen) atoms. The van der Waals surface area contributed by atoms with Crippen LogP contribution >= 0.6 is 0 Å². The van der Waals surface area contributed by atoms with Crippen molar-refractivity contribution in [3.8, 4) is 11.4 Å². The summed E-state index contributed by atoms with van der Waals surface area (Å²) in [5, 5.41) is 2.81. The zero-order valence-corrected chi connectivity index (χ0v) is 20.4. The molecule has 0 saturated carbocycles. The van der Waals surface area contributed by atoms with Crippen molar-refractivity contribution in [3.63, 3.8) is 0 Å². The number of rotatable bonds is 5. The predicted octanol–water partition coefficient (Wildman–Crippen LogP) is 5.19. The number of benzene rings is 2. The van der Waals surface area contributed by atoms with Crippen LogP contribution in [0.4, 0.5) is 18.9 Å². The molecule has 3 heterocycles. The normalized spacial score (nSPS) is 15.6. The average molecular weight is 510 g/mol. The SMILES string of the molecule is CC1(C)CN(c2ccc(-c3nc4c(C(=O)NCc5cccnc5)cccc4[nH]3)c(C(F)(F)F)c2)CCO1. The van der Waals surface area contributed by atoms with E-state index in [9.17, 15) is 18.0 Å². The lowest BCUT2D eigenvalue weighted by molar-refractivity contribution is -0.137. The third-order valence-corrected chi connectivity index (χ3v) is 6.29. The number of alkyl halides is 3. The van der Waals surface area contributed by atoms with E-state index in [1.807, 2.05) is 24.8 Å². The Kier molecular flexibility index (Phi) is 6.36. The monoisotopic (exact) mass is 509 g/mol. The van der Waals surface area contributed by atoms with Crippen molar-refractivity contribution in [3.05, 3.63) is 77.6 Å². The number of morpholine rings is 1. The largest absolute Gasteiger partial charge is 0.417 e. The molecule has 192 valence electrons. The molecule has 0 bridgehead atoms. The topological polar surface area (TPSA) is 83.1 Å². The smallest absolute Gasteiger partial charge is 0.372 e. The van der Waals surface area contributed by atoms with Gasteiger partial charge in [-0.1, -0.05) is 12.1 Å².